The molecular formula is C25H25N5O2S. The van der Waals surface area contributed by atoms with Gasteiger partial charge in [0.05, 0.1) is 19.2 Å². The van der Waals surface area contributed by atoms with Crippen molar-refractivity contribution in [2.75, 3.05) is 12.4 Å². The second-order valence-electron chi connectivity index (χ2n) is 8.08. The number of thiazole rings is 1. The summed E-state index contributed by atoms with van der Waals surface area (Å²) in [4.78, 5) is 17.3. The predicted molar refractivity (Wildman–Crippen MR) is 129 cm³/mol. The first-order valence-corrected chi connectivity index (χ1v) is 12.0. The molecule has 0 atom stereocenters. The molecule has 3 heterocycles. The molecule has 0 unspecified atom stereocenters. The largest absolute Gasteiger partial charge is 0.497 e. The second kappa shape index (κ2) is 9.54. The first kappa shape index (κ1) is 21.3. The van der Waals surface area contributed by atoms with E-state index in [0.717, 1.165) is 70.7 Å². The minimum atomic E-state index is -0.0983. The zero-order valence-electron chi connectivity index (χ0n) is 18.5. The molecule has 4 aromatic rings. The van der Waals surface area contributed by atoms with Crippen molar-refractivity contribution in [1.29, 1.82) is 0 Å². The Hall–Kier alpha value is -3.52. The molecule has 1 aliphatic heterocycles. The van der Waals surface area contributed by atoms with E-state index in [0.29, 0.717) is 0 Å². The number of anilines is 1. The first-order chi connectivity index (χ1) is 16.2. The summed E-state index contributed by atoms with van der Waals surface area (Å²) in [5, 5.41) is 14.6. The van der Waals surface area contributed by atoms with Crippen LogP contribution in [0.25, 0.3) is 22.0 Å². The Labute approximate surface area is 196 Å². The van der Waals surface area contributed by atoms with Gasteiger partial charge >= 0.3 is 0 Å². The highest BCUT2D eigenvalue weighted by atomic mass is 32.1. The van der Waals surface area contributed by atoms with Gasteiger partial charge in [0.25, 0.3) is 0 Å². The Bertz CT molecular complexity index is 1260. The summed E-state index contributed by atoms with van der Waals surface area (Å²) in [6.45, 7) is 0.939. The minimum Gasteiger partial charge on any atom is -0.497 e. The molecule has 0 saturated carbocycles. The summed E-state index contributed by atoms with van der Waals surface area (Å²) in [6, 6.07) is 15.6. The van der Waals surface area contributed by atoms with Crippen LogP contribution >= 0.6 is 11.3 Å². The van der Waals surface area contributed by atoms with Gasteiger partial charge in [-0.15, -0.1) is 21.5 Å². The number of aromatic nitrogens is 4. The molecule has 0 aliphatic carbocycles. The van der Waals surface area contributed by atoms with Gasteiger partial charge in [0, 0.05) is 35.2 Å². The molecule has 7 nitrogen and oxygen atoms in total. The highest BCUT2D eigenvalue weighted by Crippen LogP contribution is 2.27. The summed E-state index contributed by atoms with van der Waals surface area (Å²) >= 11 is 1.53. The number of carbonyl (C=O) groups is 1. The summed E-state index contributed by atoms with van der Waals surface area (Å²) in [5.74, 6) is 2.62. The number of nitrogens with one attached hydrogen (secondary N) is 1. The van der Waals surface area contributed by atoms with Crippen molar-refractivity contribution in [1.82, 2.24) is 19.7 Å². The molecule has 0 spiro atoms. The molecule has 2 aromatic carbocycles. The molecular weight excluding hydrogens is 434 g/mol. The van der Waals surface area contributed by atoms with Crippen LogP contribution in [-0.2, 0) is 24.2 Å². The van der Waals surface area contributed by atoms with E-state index in [1.54, 1.807) is 7.11 Å². The molecule has 0 radical (unpaired) electrons. The maximum Gasteiger partial charge on any atom is 0.230 e. The Morgan fingerprint density at radius 1 is 1.09 bits per heavy atom. The highest BCUT2D eigenvalue weighted by Gasteiger charge is 2.17. The van der Waals surface area contributed by atoms with Gasteiger partial charge in [0.15, 0.2) is 5.82 Å². The zero-order valence-corrected chi connectivity index (χ0v) is 19.3. The van der Waals surface area contributed by atoms with E-state index in [1.807, 2.05) is 53.9 Å². The van der Waals surface area contributed by atoms with Crippen LogP contribution in [0.2, 0.25) is 0 Å². The van der Waals surface area contributed by atoms with E-state index in [1.165, 1.54) is 17.8 Å². The number of amides is 1. The van der Waals surface area contributed by atoms with Crippen LogP contribution in [0.3, 0.4) is 0 Å². The Balaban J connectivity index is 1.26. The zero-order chi connectivity index (χ0) is 22.6. The monoisotopic (exact) mass is 459 g/mol. The number of ether oxygens (including phenoxy) is 1. The van der Waals surface area contributed by atoms with Crippen molar-refractivity contribution >= 4 is 22.9 Å². The molecule has 1 amide bonds. The molecule has 33 heavy (non-hydrogen) atoms. The van der Waals surface area contributed by atoms with E-state index < -0.39 is 0 Å². The standard InChI is InChI=1S/C25H25N5O2S/c1-32-21-11-9-17(10-12-21)25-27-20(16-33-25)15-23(31)26-19-7-5-6-18(14-19)24-29-28-22-8-3-2-4-13-30(22)24/h5-7,9-12,14,16H,2-4,8,13,15H2,1H3,(H,26,31). The Morgan fingerprint density at radius 3 is 2.82 bits per heavy atom. The fourth-order valence-electron chi connectivity index (χ4n) is 4.06. The van der Waals surface area contributed by atoms with Gasteiger partial charge in [-0.3, -0.25) is 4.79 Å². The lowest BCUT2D eigenvalue weighted by molar-refractivity contribution is -0.115. The van der Waals surface area contributed by atoms with Crippen LogP contribution < -0.4 is 10.1 Å². The van der Waals surface area contributed by atoms with Crippen LogP contribution in [0.15, 0.2) is 53.9 Å². The number of nitrogens with zero attached hydrogens (tertiary/aromatic N) is 4. The smallest absolute Gasteiger partial charge is 0.230 e. The van der Waals surface area contributed by atoms with Crippen molar-refractivity contribution < 1.29 is 9.53 Å². The average molecular weight is 460 g/mol. The topological polar surface area (TPSA) is 81.9 Å². The third kappa shape index (κ3) is 4.80. The van der Waals surface area contributed by atoms with Crippen molar-refractivity contribution in [3.63, 3.8) is 0 Å². The van der Waals surface area contributed by atoms with Crippen molar-refractivity contribution in [3.8, 4) is 27.7 Å². The maximum atomic E-state index is 12.7. The lowest BCUT2D eigenvalue weighted by Gasteiger charge is -2.09. The van der Waals surface area contributed by atoms with Gasteiger partial charge in [-0.25, -0.2) is 4.98 Å². The van der Waals surface area contributed by atoms with E-state index in [2.05, 4.69) is 25.1 Å². The van der Waals surface area contributed by atoms with Gasteiger partial charge in [-0.2, -0.15) is 0 Å². The summed E-state index contributed by atoms with van der Waals surface area (Å²) < 4.78 is 7.42. The van der Waals surface area contributed by atoms with Gasteiger partial charge in [-0.05, 0) is 49.2 Å². The number of fused-ring (bicyclic) bond motifs is 1. The van der Waals surface area contributed by atoms with Gasteiger partial charge in [0.2, 0.25) is 5.91 Å². The summed E-state index contributed by atoms with van der Waals surface area (Å²) in [7, 11) is 1.64. The molecule has 1 N–H and O–H groups in total. The first-order valence-electron chi connectivity index (χ1n) is 11.1. The number of methoxy groups -OCH3 is 1. The lowest BCUT2D eigenvalue weighted by atomic mass is 10.1. The van der Waals surface area contributed by atoms with Crippen LogP contribution in [-0.4, -0.2) is 32.8 Å². The fraction of sp³-hybridized carbons (Fsp3) is 0.280. The lowest BCUT2D eigenvalue weighted by Crippen LogP contribution is -2.14. The molecule has 0 fully saturated rings. The van der Waals surface area contributed by atoms with Gasteiger partial charge in [0.1, 0.15) is 16.6 Å². The second-order valence-corrected chi connectivity index (χ2v) is 8.94. The Morgan fingerprint density at radius 2 is 1.97 bits per heavy atom. The molecule has 0 bridgehead atoms. The summed E-state index contributed by atoms with van der Waals surface area (Å²) in [5.41, 5.74) is 3.47. The molecule has 5 rings (SSSR count). The Kier molecular flexibility index (Phi) is 6.17. The van der Waals surface area contributed by atoms with Crippen LogP contribution in [0, 0.1) is 0 Å². The summed E-state index contributed by atoms with van der Waals surface area (Å²) in [6.07, 6.45) is 4.70. The third-order valence-electron chi connectivity index (χ3n) is 5.74. The quantitative estimate of drug-likeness (QED) is 0.440. The number of benzene rings is 2. The van der Waals surface area contributed by atoms with E-state index in [4.69, 9.17) is 4.74 Å². The van der Waals surface area contributed by atoms with Crippen LogP contribution in [0.5, 0.6) is 5.75 Å². The molecule has 8 heteroatoms. The molecule has 1 aliphatic rings. The normalized spacial score (nSPS) is 13.2. The average Bonchev–Trinajstić information content (AvgIpc) is 3.40. The van der Waals surface area contributed by atoms with E-state index in [-0.39, 0.29) is 12.3 Å². The minimum absolute atomic E-state index is 0.0983. The number of aryl methyl sites for hydroxylation is 1. The van der Waals surface area contributed by atoms with Crippen molar-refractivity contribution in [2.45, 2.75) is 38.6 Å². The third-order valence-corrected chi connectivity index (χ3v) is 6.68. The highest BCUT2D eigenvalue weighted by molar-refractivity contribution is 7.13. The fourth-order valence-corrected chi connectivity index (χ4v) is 4.88. The van der Waals surface area contributed by atoms with Gasteiger partial charge in [-0.1, -0.05) is 18.6 Å². The van der Waals surface area contributed by atoms with E-state index >= 15 is 0 Å². The van der Waals surface area contributed by atoms with Crippen LogP contribution in [0.1, 0.15) is 30.8 Å². The van der Waals surface area contributed by atoms with Crippen LogP contribution in [0.4, 0.5) is 5.69 Å². The molecule has 0 saturated heterocycles. The van der Waals surface area contributed by atoms with Crippen molar-refractivity contribution in [3.05, 3.63) is 65.4 Å². The molecule has 2 aromatic heterocycles. The number of carbonyl (C=O) groups excluding carboxylic acids is 1. The SMILES string of the molecule is COc1ccc(-c2nc(CC(=O)Nc3cccc(-c4nnc5n4CCCCC5)c3)cs2)cc1. The maximum absolute atomic E-state index is 12.7. The number of hydrogen-bond acceptors (Lipinski definition) is 6. The van der Waals surface area contributed by atoms with E-state index in [9.17, 15) is 4.79 Å². The number of hydrogen-bond donors (Lipinski definition) is 1. The molecule has 168 valence electrons. The van der Waals surface area contributed by atoms with Crippen molar-refractivity contribution in [2.24, 2.45) is 0 Å². The van der Waals surface area contributed by atoms with Gasteiger partial charge < -0.3 is 14.6 Å². The number of rotatable bonds is 6. The predicted octanol–water partition coefficient (Wildman–Crippen LogP) is 4.98.